The zero-order valence-corrected chi connectivity index (χ0v) is 35.2. The van der Waals surface area contributed by atoms with Crippen LogP contribution < -0.4 is 22.5 Å². The Morgan fingerprint density at radius 3 is 2.53 bits per heavy atom. The number of nitrogens with one attached hydrogen (secondary N) is 1. The minimum absolute atomic E-state index is 0.0169. The number of carbonyl (C=O) groups excluding carboxylic acids is 2. The first-order valence-electron chi connectivity index (χ1n) is 17.7. The number of carbonyl (C=O) groups is 2. The number of esters is 1. The van der Waals surface area contributed by atoms with Gasteiger partial charge in [0.1, 0.15) is 54.3 Å². The molecule has 5 unspecified atom stereocenters. The molecule has 2 fully saturated rings. The summed E-state index contributed by atoms with van der Waals surface area (Å²) >= 11 is 0. The molecular formula is C31H45N9O15P2S2. The average Bonchev–Trinajstić information content (AvgIpc) is 3.83. The first kappa shape index (κ1) is 46.6. The van der Waals surface area contributed by atoms with Gasteiger partial charge in [-0.05, 0) is 12.5 Å². The van der Waals surface area contributed by atoms with Gasteiger partial charge in [0.15, 0.2) is 23.8 Å². The summed E-state index contributed by atoms with van der Waals surface area (Å²) in [6.45, 7) is 7.79. The van der Waals surface area contributed by atoms with Crippen molar-refractivity contribution in [3.63, 3.8) is 0 Å². The Bertz CT molecular complexity index is 2140. The molecule has 0 saturated carbocycles. The molecule has 0 radical (unpaired) electrons. The summed E-state index contributed by atoms with van der Waals surface area (Å²) in [4.78, 5) is 84.4. The van der Waals surface area contributed by atoms with E-state index in [-0.39, 0.29) is 46.1 Å². The molecule has 0 spiro atoms. The molecule has 1 amide bonds. The van der Waals surface area contributed by atoms with Gasteiger partial charge in [-0.3, -0.25) is 27.5 Å². The molecule has 0 aromatic carbocycles. The molecule has 59 heavy (non-hydrogen) atoms. The van der Waals surface area contributed by atoms with E-state index < -0.39 is 95.4 Å². The maximum atomic E-state index is 13.8. The van der Waals surface area contributed by atoms with Crippen LogP contribution in [0.25, 0.3) is 11.2 Å². The average molecular weight is 910 g/mol. The van der Waals surface area contributed by atoms with Gasteiger partial charge < -0.3 is 50.8 Å². The number of hydrogen-bond acceptors (Lipinski definition) is 20. The van der Waals surface area contributed by atoms with Crippen LogP contribution in [0, 0.1) is 0 Å². The zero-order valence-electron chi connectivity index (χ0n) is 31.8. The smallest absolute Gasteiger partial charge is 0.455 e. The second kappa shape index (κ2) is 19.5. The number of aliphatic hydroxyl groups excluding tert-OH is 1. The number of nitrogen functional groups attached to an aromatic ring is 2. The van der Waals surface area contributed by atoms with Gasteiger partial charge in [0.2, 0.25) is 5.91 Å². The van der Waals surface area contributed by atoms with Gasteiger partial charge in [-0.15, -0.1) is 6.58 Å². The molecule has 3 aromatic rings. The van der Waals surface area contributed by atoms with E-state index in [0.29, 0.717) is 6.42 Å². The summed E-state index contributed by atoms with van der Waals surface area (Å²) in [6, 6.07) is 0.0736. The molecule has 9 N–H and O–H groups in total. The summed E-state index contributed by atoms with van der Waals surface area (Å²) in [5, 5.41) is 14.3. The highest BCUT2D eigenvalue weighted by Gasteiger charge is 2.50. The molecule has 28 heteroatoms. The predicted octanol–water partition coefficient (Wildman–Crippen LogP) is 0.948. The molecular weight excluding hydrogens is 864 g/mol. The molecule has 5 rings (SSSR count). The lowest BCUT2D eigenvalue weighted by atomic mass is 10.1. The molecule has 0 aliphatic carbocycles. The number of ether oxygens (including phenoxy) is 3. The number of imidazole rings is 1. The summed E-state index contributed by atoms with van der Waals surface area (Å²) in [6.07, 6.45) is -5.09. The lowest BCUT2D eigenvalue weighted by Gasteiger charge is -2.26. The molecule has 0 bridgehead atoms. The van der Waals surface area contributed by atoms with Gasteiger partial charge >= 0.3 is 27.3 Å². The topological polar surface area (TPSA) is 347 Å². The number of phosphoric acid groups is 2. The van der Waals surface area contributed by atoms with Gasteiger partial charge in [-0.25, -0.2) is 33.7 Å². The highest BCUT2D eigenvalue weighted by atomic mass is 33.1. The van der Waals surface area contributed by atoms with Crippen molar-refractivity contribution in [1.82, 2.24) is 34.4 Å². The van der Waals surface area contributed by atoms with Crippen LogP contribution in [0.2, 0.25) is 0 Å². The second-order valence-corrected chi connectivity index (χ2v) is 19.9. The first-order valence-corrected chi connectivity index (χ1v) is 23.0. The summed E-state index contributed by atoms with van der Waals surface area (Å²) in [5.74, 6) is -1.44. The van der Waals surface area contributed by atoms with Crippen LogP contribution in [-0.4, -0.2) is 121 Å². The first-order chi connectivity index (χ1) is 27.6. The Kier molecular flexibility index (Phi) is 15.4. The molecule has 24 nitrogen and oxygen atoms in total. The fourth-order valence-corrected chi connectivity index (χ4v) is 9.52. The number of fused-ring (bicyclic) bond motifs is 1. The number of nitrogens with zero attached hydrogens (tertiary/aromatic N) is 6. The third-order valence-electron chi connectivity index (χ3n) is 8.38. The highest BCUT2D eigenvalue weighted by molar-refractivity contribution is 8.77. The van der Waals surface area contributed by atoms with E-state index in [1.807, 2.05) is 20.8 Å². The molecule has 9 atom stereocenters. The van der Waals surface area contributed by atoms with Crippen molar-refractivity contribution in [2.45, 2.75) is 93.8 Å². The van der Waals surface area contributed by atoms with Crippen molar-refractivity contribution in [3.8, 4) is 0 Å². The summed E-state index contributed by atoms with van der Waals surface area (Å²) in [5.41, 5.74) is 10.9. The lowest BCUT2D eigenvalue weighted by molar-refractivity contribution is -0.159. The van der Waals surface area contributed by atoms with Crippen LogP contribution >= 0.6 is 37.2 Å². The number of nitrogens with two attached hydrogens (primary N) is 2. The molecule has 2 aliphatic heterocycles. The molecule has 2 saturated heterocycles. The maximum absolute atomic E-state index is 13.8. The minimum atomic E-state index is -5.20. The van der Waals surface area contributed by atoms with Gasteiger partial charge in [0.25, 0.3) is 0 Å². The SMILES string of the molecule is C=CCCC(=O)N[C@@H](CSSC(C)(C)C)C(=O)OC1C(COP(=O)(O)O[C@H]2C[C@H](n3ccc(N)nc3=O)O[C@@H]2COP(=O)(O)O)OC(n2cnc3c(N)ncnc32)C1O. The van der Waals surface area contributed by atoms with Crippen molar-refractivity contribution in [1.29, 1.82) is 0 Å². The molecule has 326 valence electrons. The summed E-state index contributed by atoms with van der Waals surface area (Å²) < 4.78 is 59.9. The fourth-order valence-electron chi connectivity index (χ4n) is 5.77. The van der Waals surface area contributed by atoms with E-state index in [4.69, 9.17) is 34.7 Å². The van der Waals surface area contributed by atoms with Gasteiger partial charge in [0, 0.05) is 29.5 Å². The van der Waals surface area contributed by atoms with E-state index in [0.717, 1.165) is 10.9 Å². The zero-order chi connectivity index (χ0) is 43.3. The van der Waals surface area contributed by atoms with Crippen LogP contribution in [0.15, 0.2) is 42.4 Å². The largest absolute Gasteiger partial charge is 0.472 e. The summed E-state index contributed by atoms with van der Waals surface area (Å²) in [7, 11) is -7.50. The van der Waals surface area contributed by atoms with Crippen LogP contribution in [0.5, 0.6) is 0 Å². The lowest BCUT2D eigenvalue weighted by Crippen LogP contribution is -2.47. The highest BCUT2D eigenvalue weighted by Crippen LogP contribution is 2.50. The fraction of sp³-hybridized carbons (Fsp3) is 0.581. The number of anilines is 2. The van der Waals surface area contributed by atoms with Crippen LogP contribution in [-0.2, 0) is 46.5 Å². The van der Waals surface area contributed by atoms with Crippen molar-refractivity contribution < 1.29 is 66.3 Å². The molecule has 3 aromatic heterocycles. The Morgan fingerprint density at radius 1 is 1.12 bits per heavy atom. The Morgan fingerprint density at radius 2 is 1.85 bits per heavy atom. The number of phosphoric ester groups is 2. The van der Waals surface area contributed by atoms with Crippen LogP contribution in [0.1, 0.15) is 52.5 Å². The number of aliphatic hydroxyl groups is 1. The Labute approximate surface area is 344 Å². The number of aromatic nitrogens is 6. The van der Waals surface area contributed by atoms with Gasteiger partial charge in [0.05, 0.1) is 19.5 Å². The van der Waals surface area contributed by atoms with E-state index >= 15 is 0 Å². The minimum Gasteiger partial charge on any atom is -0.455 e. The Balaban J connectivity index is 1.37. The van der Waals surface area contributed by atoms with Crippen molar-refractivity contribution in [3.05, 3.63) is 48.1 Å². The van der Waals surface area contributed by atoms with E-state index in [9.17, 15) is 43.3 Å². The quantitative estimate of drug-likeness (QED) is 0.0381. The van der Waals surface area contributed by atoms with E-state index in [2.05, 4.69) is 36.4 Å². The molecule has 5 heterocycles. The monoisotopic (exact) mass is 909 g/mol. The van der Waals surface area contributed by atoms with Crippen LogP contribution in [0.4, 0.5) is 11.6 Å². The van der Waals surface area contributed by atoms with Gasteiger partial charge in [-0.1, -0.05) is 48.4 Å². The predicted molar refractivity (Wildman–Crippen MR) is 211 cm³/mol. The molecule has 2 aliphatic rings. The standard InChI is InChI=1S/C31H45N9O15P2S2/c1-5-6-7-21(41)37-16(13-58-59-31(2,3)4)29(43)54-25-19(53-28(24(25)42)40-15-36-23-26(33)34-14-35-27(23)40)12-51-57(48,49)55-17-10-22(39-9-8-20(32)38-30(39)44)52-18(17)11-50-56(45,46)47/h5,8-9,14-19,22,24-25,28,42H,1,6-7,10-13H2,2-4H3,(H,37,41)(H,48,49)(H2,32,38,44)(H2,33,34,35)(H2,45,46,47)/t16-,17-,18+,19?,22+,24?,25?,28?/m0/s1. The third kappa shape index (κ3) is 12.8. The van der Waals surface area contributed by atoms with Crippen molar-refractivity contribution in [2.75, 3.05) is 30.4 Å². The van der Waals surface area contributed by atoms with Crippen molar-refractivity contribution >= 4 is 71.9 Å². The number of rotatable bonds is 19. The van der Waals surface area contributed by atoms with E-state index in [1.165, 1.54) is 44.7 Å². The number of hydrogen-bond donors (Lipinski definition) is 7. The number of allylic oxidation sites excluding steroid dienone is 1. The van der Waals surface area contributed by atoms with E-state index in [1.54, 1.807) is 6.08 Å². The van der Waals surface area contributed by atoms with Crippen molar-refractivity contribution in [2.24, 2.45) is 0 Å². The number of amides is 1. The van der Waals surface area contributed by atoms with Crippen LogP contribution in [0.3, 0.4) is 0 Å². The maximum Gasteiger partial charge on any atom is 0.472 e. The normalized spacial score (nSPS) is 25.1. The third-order valence-corrected chi connectivity index (χ3v) is 13.2. The second-order valence-electron chi connectivity index (χ2n) is 14.1. The Hall–Kier alpha value is -3.49. The van der Waals surface area contributed by atoms with Gasteiger partial charge in [-0.2, -0.15) is 4.98 Å².